The average Bonchev–Trinajstić information content (AvgIpc) is 2.43. The van der Waals surface area contributed by atoms with Gasteiger partial charge in [0, 0.05) is 13.0 Å². The molecule has 0 saturated heterocycles. The Morgan fingerprint density at radius 1 is 0.846 bits per heavy atom. The monoisotopic (exact) mass is 418 g/mol. The Kier molecular flexibility index (Phi) is 6.05. The van der Waals surface area contributed by atoms with Crippen molar-refractivity contribution in [2.75, 3.05) is 0 Å². The summed E-state index contributed by atoms with van der Waals surface area (Å²) in [6.07, 6.45) is -12.3. The van der Waals surface area contributed by atoms with Crippen molar-refractivity contribution in [2.24, 2.45) is 0 Å². The average molecular weight is 418 g/mol. The van der Waals surface area contributed by atoms with Crippen LogP contribution in [0.4, 0.5) is 57.1 Å². The number of rotatable bonds is 8. The molecule has 0 bridgehead atoms. The third kappa shape index (κ3) is 3.56. The molecule has 0 aliphatic carbocycles. The lowest BCUT2D eigenvalue weighted by Crippen LogP contribution is -2.70. The largest absolute Gasteiger partial charge is 0.438 e. The molecule has 0 radical (unpaired) electrons. The Bertz CT molecular complexity index is 549. The summed E-state index contributed by atoms with van der Waals surface area (Å²) in [6, 6.07) is 0. The lowest BCUT2D eigenvalue weighted by Gasteiger charge is -2.40. The molecule has 15 heteroatoms. The molecule has 0 aliphatic heterocycles. The minimum Gasteiger partial charge on any atom is -0.395 e. The molecule has 0 aliphatic rings. The van der Waals surface area contributed by atoms with Gasteiger partial charge in [-0.15, -0.1) is 0 Å². The van der Waals surface area contributed by atoms with E-state index >= 15 is 0 Å². The Balaban J connectivity index is 6.17. The van der Waals surface area contributed by atoms with Crippen molar-refractivity contribution in [1.29, 1.82) is 0 Å². The molecular weight excluding hydrogens is 411 g/mol. The zero-order valence-electron chi connectivity index (χ0n) is 12.1. The molecule has 0 fully saturated rings. The summed E-state index contributed by atoms with van der Waals surface area (Å²) in [6.45, 7) is 1.39. The van der Waals surface area contributed by atoms with Crippen molar-refractivity contribution in [3.8, 4) is 0 Å². The maximum atomic E-state index is 13.2. The Labute approximate surface area is 135 Å². The molecule has 0 aromatic carbocycles. The summed E-state index contributed by atoms with van der Waals surface area (Å²) < 4.78 is 171. The van der Waals surface area contributed by atoms with Gasteiger partial charge >= 0.3 is 41.7 Å². The fourth-order valence-corrected chi connectivity index (χ4v) is 1.28. The number of esters is 1. The van der Waals surface area contributed by atoms with E-state index in [1.165, 1.54) is 0 Å². The molecule has 26 heavy (non-hydrogen) atoms. The van der Waals surface area contributed by atoms with E-state index in [4.69, 9.17) is 0 Å². The van der Waals surface area contributed by atoms with Crippen molar-refractivity contribution >= 4 is 5.97 Å². The van der Waals surface area contributed by atoms with E-state index in [9.17, 15) is 61.9 Å². The zero-order chi connectivity index (χ0) is 21.6. The van der Waals surface area contributed by atoms with Crippen LogP contribution >= 0.6 is 0 Å². The van der Waals surface area contributed by atoms with Crippen molar-refractivity contribution in [2.45, 2.75) is 48.8 Å². The predicted molar refractivity (Wildman–Crippen MR) is 56.5 cm³/mol. The first-order valence-corrected chi connectivity index (χ1v) is 5.87. The van der Waals surface area contributed by atoms with E-state index in [-0.39, 0.29) is 6.08 Å². The van der Waals surface area contributed by atoms with Gasteiger partial charge in [-0.3, -0.25) is 0 Å². The standard InChI is InChI=1S/C11H7F13O2/c1-3-4(25)26-8(17,18)5(12)7(15,16)10(21,22)11(23,24)9(19,20)6(2,13)14/h3,5H,1H2,2H3. The molecule has 154 valence electrons. The highest BCUT2D eigenvalue weighted by molar-refractivity contribution is 5.81. The second-order valence-corrected chi connectivity index (χ2v) is 4.78. The molecule has 0 N–H and O–H groups in total. The van der Waals surface area contributed by atoms with Gasteiger partial charge in [-0.05, 0) is 0 Å². The molecule has 0 spiro atoms. The first-order valence-electron chi connectivity index (χ1n) is 5.87. The molecule has 2 nitrogen and oxygen atoms in total. The normalized spacial score (nSPS) is 16.2. The highest BCUT2D eigenvalue weighted by atomic mass is 19.4. The third-order valence-electron chi connectivity index (χ3n) is 2.78. The lowest BCUT2D eigenvalue weighted by atomic mass is 9.92. The first kappa shape index (κ1) is 24.3. The van der Waals surface area contributed by atoms with E-state index in [1.54, 1.807) is 0 Å². The Morgan fingerprint density at radius 3 is 1.54 bits per heavy atom. The van der Waals surface area contributed by atoms with E-state index in [2.05, 4.69) is 11.3 Å². The summed E-state index contributed by atoms with van der Waals surface area (Å²) in [4.78, 5) is 10.4. The number of halogens is 13. The molecular formula is C11H7F13O2. The molecule has 0 aromatic rings. The summed E-state index contributed by atoms with van der Waals surface area (Å²) in [5.74, 6) is -38.5. The van der Waals surface area contributed by atoms with Crippen LogP contribution in [-0.2, 0) is 9.53 Å². The van der Waals surface area contributed by atoms with Gasteiger partial charge in [-0.25, -0.2) is 9.18 Å². The molecule has 0 aromatic heterocycles. The predicted octanol–water partition coefficient (Wildman–Crippen LogP) is 4.84. The Hall–Kier alpha value is -1.70. The SMILES string of the molecule is C=CC(=O)OC(F)(F)C(F)C(F)(F)C(F)(F)C(F)(F)C(F)(F)C(C)(F)F. The van der Waals surface area contributed by atoms with Gasteiger partial charge < -0.3 is 4.74 Å². The van der Waals surface area contributed by atoms with Crippen molar-refractivity contribution in [3.63, 3.8) is 0 Å². The number of carbonyl (C=O) groups excluding carboxylic acids is 1. The summed E-state index contributed by atoms with van der Waals surface area (Å²) >= 11 is 0. The van der Waals surface area contributed by atoms with Crippen LogP contribution in [0.3, 0.4) is 0 Å². The summed E-state index contributed by atoms with van der Waals surface area (Å²) in [7, 11) is 0. The molecule has 1 unspecified atom stereocenters. The van der Waals surface area contributed by atoms with E-state index < -0.39 is 54.8 Å². The van der Waals surface area contributed by atoms with E-state index in [0.717, 1.165) is 0 Å². The highest BCUT2D eigenvalue weighted by Gasteiger charge is 2.88. The van der Waals surface area contributed by atoms with Gasteiger partial charge in [0.25, 0.3) is 6.17 Å². The van der Waals surface area contributed by atoms with Crippen LogP contribution in [0, 0.1) is 0 Å². The van der Waals surface area contributed by atoms with Crippen molar-refractivity contribution in [3.05, 3.63) is 12.7 Å². The zero-order valence-corrected chi connectivity index (χ0v) is 12.1. The van der Waals surface area contributed by atoms with Gasteiger partial charge in [0.1, 0.15) is 0 Å². The number of hydrogen-bond donors (Lipinski definition) is 0. The summed E-state index contributed by atoms with van der Waals surface area (Å²) in [5, 5.41) is 0. The maximum Gasteiger partial charge on any atom is 0.438 e. The van der Waals surface area contributed by atoms with E-state index in [0.29, 0.717) is 0 Å². The third-order valence-corrected chi connectivity index (χ3v) is 2.78. The fourth-order valence-electron chi connectivity index (χ4n) is 1.28. The van der Waals surface area contributed by atoms with Crippen LogP contribution in [-0.4, -0.2) is 47.9 Å². The molecule has 1 atom stereocenters. The van der Waals surface area contributed by atoms with E-state index in [1.807, 2.05) is 0 Å². The second-order valence-electron chi connectivity index (χ2n) is 4.78. The topological polar surface area (TPSA) is 26.3 Å². The van der Waals surface area contributed by atoms with Gasteiger partial charge in [-0.1, -0.05) is 6.58 Å². The number of carbonyl (C=O) groups is 1. The minimum absolute atomic E-state index is 0.197. The van der Waals surface area contributed by atoms with Crippen LogP contribution in [0.15, 0.2) is 12.7 Å². The van der Waals surface area contributed by atoms with Crippen LogP contribution < -0.4 is 0 Å². The lowest BCUT2D eigenvalue weighted by molar-refractivity contribution is -0.419. The molecule has 0 saturated carbocycles. The number of hydrogen-bond acceptors (Lipinski definition) is 2. The van der Waals surface area contributed by atoms with Crippen LogP contribution in [0.1, 0.15) is 6.92 Å². The number of ether oxygens (including phenoxy) is 1. The number of alkyl halides is 13. The van der Waals surface area contributed by atoms with Crippen LogP contribution in [0.2, 0.25) is 0 Å². The Morgan fingerprint density at radius 2 is 1.23 bits per heavy atom. The van der Waals surface area contributed by atoms with Crippen LogP contribution in [0.5, 0.6) is 0 Å². The molecule has 0 rings (SSSR count). The second kappa shape index (κ2) is 6.48. The minimum atomic E-state index is -7.77. The smallest absolute Gasteiger partial charge is 0.395 e. The highest BCUT2D eigenvalue weighted by Crippen LogP contribution is 2.59. The van der Waals surface area contributed by atoms with Gasteiger partial charge in [0.2, 0.25) is 0 Å². The van der Waals surface area contributed by atoms with Gasteiger partial charge in [0.15, 0.2) is 0 Å². The first-order chi connectivity index (χ1) is 11.1. The quantitative estimate of drug-likeness (QED) is 0.320. The van der Waals surface area contributed by atoms with Gasteiger partial charge in [-0.2, -0.15) is 52.7 Å². The maximum absolute atomic E-state index is 13.2. The van der Waals surface area contributed by atoms with Crippen molar-refractivity contribution in [1.82, 2.24) is 0 Å². The fraction of sp³-hybridized carbons (Fsp3) is 0.727. The molecule has 0 heterocycles. The van der Waals surface area contributed by atoms with Crippen LogP contribution in [0.25, 0.3) is 0 Å². The van der Waals surface area contributed by atoms with Gasteiger partial charge in [0.05, 0.1) is 0 Å². The summed E-state index contributed by atoms with van der Waals surface area (Å²) in [5.41, 5.74) is 0. The molecule has 0 amide bonds. The van der Waals surface area contributed by atoms with Crippen molar-refractivity contribution < 1.29 is 66.6 Å².